The lowest BCUT2D eigenvalue weighted by Gasteiger charge is -2.35. The Balaban J connectivity index is 1.39. The Morgan fingerprint density at radius 3 is 2.64 bits per heavy atom. The van der Waals surface area contributed by atoms with E-state index in [1.807, 2.05) is 6.92 Å². The Hall–Kier alpha value is -3.41. The van der Waals surface area contributed by atoms with E-state index in [4.69, 9.17) is 19.6 Å². The summed E-state index contributed by atoms with van der Waals surface area (Å²) in [7, 11) is 0. The smallest absolute Gasteiger partial charge is 0.230 e. The number of hydrogen-bond donors (Lipinski definition) is 4. The molecule has 1 saturated heterocycles. The SMILES string of the molecule is CC1(C(=O)NCC2CC2)COC(c2nc(-c3ccc(F)cc3)c(-c3ccnc(NCCO)n3)[nH]2)OC1. The van der Waals surface area contributed by atoms with E-state index >= 15 is 0 Å². The number of benzene rings is 1. The number of anilines is 1. The number of aromatic nitrogens is 4. The number of carbonyl (C=O) groups excluding carboxylic acids is 1. The third kappa shape index (κ3) is 5.38. The zero-order valence-corrected chi connectivity index (χ0v) is 20.0. The zero-order valence-electron chi connectivity index (χ0n) is 20.0. The minimum atomic E-state index is -0.809. The van der Waals surface area contributed by atoms with Crippen LogP contribution in [0, 0.1) is 17.2 Å². The first-order valence-electron chi connectivity index (χ1n) is 12.0. The minimum Gasteiger partial charge on any atom is -0.395 e. The number of aliphatic hydroxyl groups excluding tert-OH is 1. The number of imidazole rings is 1. The van der Waals surface area contributed by atoms with E-state index in [9.17, 15) is 9.18 Å². The van der Waals surface area contributed by atoms with Gasteiger partial charge in [0, 0.05) is 24.8 Å². The Morgan fingerprint density at radius 1 is 1.19 bits per heavy atom. The number of ether oxygens (including phenoxy) is 2. The molecule has 0 atom stereocenters. The van der Waals surface area contributed by atoms with Gasteiger partial charge < -0.3 is 30.2 Å². The van der Waals surface area contributed by atoms with Crippen molar-refractivity contribution in [1.82, 2.24) is 25.3 Å². The van der Waals surface area contributed by atoms with Crippen molar-refractivity contribution >= 4 is 11.9 Å². The van der Waals surface area contributed by atoms with Crippen LogP contribution in [-0.2, 0) is 14.3 Å². The number of aliphatic hydroxyl groups is 1. The molecule has 5 rings (SSSR count). The van der Waals surface area contributed by atoms with Gasteiger partial charge in [0.25, 0.3) is 0 Å². The Morgan fingerprint density at radius 2 is 1.94 bits per heavy atom. The first-order chi connectivity index (χ1) is 17.4. The van der Waals surface area contributed by atoms with E-state index in [0.717, 1.165) is 12.8 Å². The molecule has 2 aromatic heterocycles. The van der Waals surface area contributed by atoms with Gasteiger partial charge in [-0.15, -0.1) is 0 Å². The van der Waals surface area contributed by atoms with Crippen molar-refractivity contribution in [2.45, 2.75) is 26.1 Å². The lowest BCUT2D eigenvalue weighted by molar-refractivity contribution is -0.231. The second-order valence-corrected chi connectivity index (χ2v) is 9.44. The number of aromatic amines is 1. The molecule has 1 amide bonds. The normalized spacial score (nSPS) is 21.8. The number of hydrogen-bond acceptors (Lipinski definition) is 8. The van der Waals surface area contributed by atoms with Gasteiger partial charge in [0.15, 0.2) is 5.82 Å². The van der Waals surface area contributed by atoms with Crippen LogP contribution < -0.4 is 10.6 Å². The molecule has 1 saturated carbocycles. The summed E-state index contributed by atoms with van der Waals surface area (Å²) < 4.78 is 25.5. The number of nitrogens with one attached hydrogen (secondary N) is 3. The number of carbonyl (C=O) groups is 1. The topological polar surface area (TPSA) is 134 Å². The van der Waals surface area contributed by atoms with E-state index in [1.165, 1.54) is 12.1 Å². The van der Waals surface area contributed by atoms with Crippen LogP contribution in [-0.4, -0.2) is 63.9 Å². The molecule has 0 spiro atoms. The Kier molecular flexibility index (Phi) is 6.95. The van der Waals surface area contributed by atoms with E-state index in [2.05, 4.69) is 25.6 Å². The van der Waals surface area contributed by atoms with Crippen molar-refractivity contribution < 1.29 is 23.8 Å². The molecule has 1 aliphatic carbocycles. The van der Waals surface area contributed by atoms with Crippen LogP contribution in [0.1, 0.15) is 31.9 Å². The van der Waals surface area contributed by atoms with E-state index < -0.39 is 11.7 Å². The molecule has 11 heteroatoms. The molecule has 4 N–H and O–H groups in total. The second kappa shape index (κ2) is 10.3. The summed E-state index contributed by atoms with van der Waals surface area (Å²) >= 11 is 0. The quantitative estimate of drug-likeness (QED) is 0.355. The largest absolute Gasteiger partial charge is 0.395 e. The number of halogens is 1. The summed E-state index contributed by atoms with van der Waals surface area (Å²) in [6, 6.07) is 7.71. The maximum atomic E-state index is 13.6. The van der Waals surface area contributed by atoms with Gasteiger partial charge >= 0.3 is 0 Å². The molecule has 190 valence electrons. The standard InChI is InChI=1S/C25H29FN6O4/c1-25(23(34)29-12-15-2-3-15)13-35-22(36-14-25)21-31-19(16-4-6-17(26)7-5-16)20(32-21)18-8-9-27-24(30-18)28-10-11-33/h4-9,15,22,33H,2-3,10-14H2,1H3,(H,29,34)(H,31,32)(H,27,28,30). The minimum absolute atomic E-state index is 0.0590. The summed E-state index contributed by atoms with van der Waals surface area (Å²) in [6.07, 6.45) is 3.11. The fourth-order valence-electron chi connectivity index (χ4n) is 3.93. The van der Waals surface area contributed by atoms with Crippen molar-refractivity contribution in [3.05, 3.63) is 48.2 Å². The first kappa shape index (κ1) is 24.3. The van der Waals surface area contributed by atoms with Crippen LogP contribution in [0.2, 0.25) is 0 Å². The lowest BCUT2D eigenvalue weighted by atomic mass is 9.91. The highest BCUT2D eigenvalue weighted by molar-refractivity contribution is 5.82. The lowest BCUT2D eigenvalue weighted by Crippen LogP contribution is -2.49. The Bertz CT molecular complexity index is 1210. The summed E-state index contributed by atoms with van der Waals surface area (Å²) in [4.78, 5) is 29.3. The second-order valence-electron chi connectivity index (χ2n) is 9.44. The molecule has 1 aliphatic heterocycles. The van der Waals surface area contributed by atoms with Gasteiger partial charge in [-0.1, -0.05) is 0 Å². The Labute approximate surface area is 207 Å². The number of amides is 1. The molecule has 1 aromatic carbocycles. The van der Waals surface area contributed by atoms with Gasteiger partial charge in [-0.3, -0.25) is 4.79 Å². The van der Waals surface area contributed by atoms with Crippen molar-refractivity contribution in [1.29, 1.82) is 0 Å². The van der Waals surface area contributed by atoms with Gasteiger partial charge in [-0.05, 0) is 56.0 Å². The number of nitrogens with zero attached hydrogens (tertiary/aromatic N) is 3. The number of H-pyrrole nitrogens is 1. The van der Waals surface area contributed by atoms with Crippen molar-refractivity contribution in [2.24, 2.45) is 11.3 Å². The predicted molar refractivity (Wildman–Crippen MR) is 129 cm³/mol. The molecule has 0 unspecified atom stereocenters. The molecule has 2 fully saturated rings. The van der Waals surface area contributed by atoms with Crippen molar-refractivity contribution in [2.75, 3.05) is 38.2 Å². The van der Waals surface area contributed by atoms with Crippen LogP contribution in [0.25, 0.3) is 22.6 Å². The summed E-state index contributed by atoms with van der Waals surface area (Å²) in [6.45, 7) is 3.12. The molecule has 0 bridgehead atoms. The molecular formula is C25H29FN6O4. The van der Waals surface area contributed by atoms with E-state index in [0.29, 0.717) is 53.4 Å². The maximum Gasteiger partial charge on any atom is 0.230 e. The third-order valence-corrected chi connectivity index (χ3v) is 6.27. The van der Waals surface area contributed by atoms with Crippen LogP contribution in [0.4, 0.5) is 10.3 Å². The molecule has 3 aromatic rings. The van der Waals surface area contributed by atoms with Gasteiger partial charge in [-0.25, -0.2) is 19.3 Å². The highest BCUT2D eigenvalue weighted by Crippen LogP contribution is 2.36. The number of rotatable bonds is 9. The highest BCUT2D eigenvalue weighted by Gasteiger charge is 2.41. The van der Waals surface area contributed by atoms with Gasteiger partial charge in [0.05, 0.1) is 42.3 Å². The van der Waals surface area contributed by atoms with Crippen molar-refractivity contribution in [3.8, 4) is 22.6 Å². The highest BCUT2D eigenvalue weighted by atomic mass is 19.1. The van der Waals surface area contributed by atoms with Gasteiger partial charge in [0.2, 0.25) is 18.1 Å². The van der Waals surface area contributed by atoms with Gasteiger partial charge in [-0.2, -0.15) is 0 Å². The van der Waals surface area contributed by atoms with Crippen LogP contribution in [0.3, 0.4) is 0 Å². The zero-order chi connectivity index (χ0) is 25.1. The fourth-order valence-corrected chi connectivity index (χ4v) is 3.93. The maximum absolute atomic E-state index is 13.6. The fraction of sp³-hybridized carbons (Fsp3) is 0.440. The molecule has 2 aliphatic rings. The average molecular weight is 497 g/mol. The summed E-state index contributed by atoms with van der Waals surface area (Å²) in [5.74, 6) is 0.910. The van der Waals surface area contributed by atoms with Crippen molar-refractivity contribution in [3.63, 3.8) is 0 Å². The molecule has 0 radical (unpaired) electrons. The molecule has 10 nitrogen and oxygen atoms in total. The first-order valence-corrected chi connectivity index (χ1v) is 12.0. The third-order valence-electron chi connectivity index (χ3n) is 6.27. The van der Waals surface area contributed by atoms with Crippen LogP contribution >= 0.6 is 0 Å². The average Bonchev–Trinajstić information content (AvgIpc) is 3.63. The van der Waals surface area contributed by atoms with Gasteiger partial charge in [0.1, 0.15) is 5.82 Å². The van der Waals surface area contributed by atoms with Crippen LogP contribution in [0.5, 0.6) is 0 Å². The predicted octanol–water partition coefficient (Wildman–Crippen LogP) is 2.65. The molecule has 36 heavy (non-hydrogen) atoms. The van der Waals surface area contributed by atoms with E-state index in [-0.39, 0.29) is 31.5 Å². The molecule has 3 heterocycles. The molecular weight excluding hydrogens is 467 g/mol. The van der Waals surface area contributed by atoms with Crippen LogP contribution in [0.15, 0.2) is 36.5 Å². The summed E-state index contributed by atoms with van der Waals surface area (Å²) in [5.41, 5.74) is 1.55. The summed E-state index contributed by atoms with van der Waals surface area (Å²) in [5, 5.41) is 15.0. The monoisotopic (exact) mass is 496 g/mol. The van der Waals surface area contributed by atoms with E-state index in [1.54, 1.807) is 24.4 Å².